The number of fused-ring (bicyclic) bond motifs is 1. The van der Waals surface area contributed by atoms with Crippen LogP contribution in [0.15, 0.2) is 72.3 Å². The van der Waals surface area contributed by atoms with Gasteiger partial charge in [0, 0.05) is 47.0 Å². The minimum Gasteiger partial charge on any atom is -0.288 e. The molecule has 8 heteroatoms. The number of hydrogen-bond donors (Lipinski definition) is 0. The van der Waals surface area contributed by atoms with Crippen molar-refractivity contribution in [2.75, 3.05) is 0 Å². The van der Waals surface area contributed by atoms with E-state index in [-0.39, 0.29) is 0 Å². The van der Waals surface area contributed by atoms with Gasteiger partial charge in [-0.2, -0.15) is 0 Å². The van der Waals surface area contributed by atoms with E-state index in [1.54, 1.807) is 24.2 Å². The Kier molecular flexibility index (Phi) is 4.76. The van der Waals surface area contributed by atoms with E-state index in [4.69, 9.17) is 0 Å². The van der Waals surface area contributed by atoms with Crippen molar-refractivity contribution in [2.45, 2.75) is 24.8 Å². The molecule has 0 N–H and O–H groups in total. The number of hydrogen-bond acceptors (Lipinski definition) is 6. The van der Waals surface area contributed by atoms with Crippen LogP contribution < -0.4 is 0 Å². The van der Waals surface area contributed by atoms with E-state index in [2.05, 4.69) is 54.8 Å². The molecular weight excluding hydrogens is 394 g/mol. The lowest BCUT2D eigenvalue weighted by Crippen LogP contribution is -1.99. The van der Waals surface area contributed by atoms with Gasteiger partial charge in [0.05, 0.1) is 5.69 Å². The molecule has 4 aromatic heterocycles. The molecule has 0 aliphatic carbocycles. The number of aromatic nitrogens is 7. The van der Waals surface area contributed by atoms with Crippen molar-refractivity contribution in [1.82, 2.24) is 34.1 Å². The maximum absolute atomic E-state index is 4.68. The smallest absolute Gasteiger partial charge is 0.234 e. The van der Waals surface area contributed by atoms with Crippen LogP contribution in [0.4, 0.5) is 0 Å². The van der Waals surface area contributed by atoms with E-state index in [1.807, 2.05) is 47.9 Å². The number of aryl methyl sites for hydroxylation is 2. The van der Waals surface area contributed by atoms with Gasteiger partial charge >= 0.3 is 0 Å². The molecule has 0 radical (unpaired) electrons. The predicted molar refractivity (Wildman–Crippen MR) is 117 cm³/mol. The van der Waals surface area contributed by atoms with Crippen LogP contribution in [0.5, 0.6) is 0 Å². The summed E-state index contributed by atoms with van der Waals surface area (Å²) in [7, 11) is 0. The Bertz CT molecular complexity index is 1310. The summed E-state index contributed by atoms with van der Waals surface area (Å²) in [6, 6.07) is 16.1. The third kappa shape index (κ3) is 3.46. The van der Waals surface area contributed by atoms with Gasteiger partial charge < -0.3 is 0 Å². The minimum absolute atomic E-state index is 0.670. The molecule has 0 atom stereocenters. The molecule has 1 aromatic carbocycles. The molecule has 0 aliphatic rings. The summed E-state index contributed by atoms with van der Waals surface area (Å²) in [6.45, 7) is 4.05. The first-order chi connectivity index (χ1) is 14.7. The fourth-order valence-electron chi connectivity index (χ4n) is 3.39. The Morgan fingerprint density at radius 3 is 2.53 bits per heavy atom. The number of pyridine rings is 1. The molecule has 5 rings (SSSR count). The van der Waals surface area contributed by atoms with E-state index in [0.29, 0.717) is 5.75 Å². The monoisotopic (exact) mass is 413 g/mol. The first kappa shape index (κ1) is 18.5. The van der Waals surface area contributed by atoms with Gasteiger partial charge in [0.25, 0.3) is 0 Å². The number of rotatable bonds is 5. The van der Waals surface area contributed by atoms with Gasteiger partial charge in [-0.15, -0.1) is 10.2 Å². The second kappa shape index (κ2) is 7.72. The van der Waals surface area contributed by atoms with Crippen LogP contribution in [0.1, 0.15) is 17.1 Å². The van der Waals surface area contributed by atoms with E-state index in [0.717, 1.165) is 45.1 Å². The number of imidazole rings is 1. The molecular formula is C22H19N7S. The summed E-state index contributed by atoms with van der Waals surface area (Å²) in [5.41, 5.74) is 5.02. The molecule has 0 saturated heterocycles. The Balaban J connectivity index is 1.50. The quantitative estimate of drug-likeness (QED) is 0.400. The minimum atomic E-state index is 0.670. The third-order valence-corrected chi connectivity index (χ3v) is 5.71. The normalized spacial score (nSPS) is 11.3. The summed E-state index contributed by atoms with van der Waals surface area (Å²) >= 11 is 1.61. The Morgan fingerprint density at radius 2 is 1.73 bits per heavy atom. The highest BCUT2D eigenvalue weighted by Crippen LogP contribution is 2.29. The summed E-state index contributed by atoms with van der Waals surface area (Å²) in [4.78, 5) is 13.3. The molecule has 0 bridgehead atoms. The van der Waals surface area contributed by atoms with E-state index < -0.39 is 0 Å². The summed E-state index contributed by atoms with van der Waals surface area (Å²) in [5, 5.41) is 9.76. The highest BCUT2D eigenvalue weighted by Gasteiger charge is 2.17. The van der Waals surface area contributed by atoms with Crippen molar-refractivity contribution in [2.24, 2.45) is 0 Å². The second-order valence-corrected chi connectivity index (χ2v) is 7.89. The lowest BCUT2D eigenvalue weighted by Gasteiger charge is -2.09. The maximum atomic E-state index is 4.68. The summed E-state index contributed by atoms with van der Waals surface area (Å²) < 4.78 is 4.09. The van der Waals surface area contributed by atoms with Crippen molar-refractivity contribution < 1.29 is 0 Å². The molecule has 0 saturated carbocycles. The maximum Gasteiger partial charge on any atom is 0.234 e. The number of benzene rings is 1. The van der Waals surface area contributed by atoms with Crippen LogP contribution in [0.25, 0.3) is 22.9 Å². The number of para-hydroxylation sites is 1. The van der Waals surface area contributed by atoms with Crippen LogP contribution in [-0.2, 0) is 5.75 Å². The van der Waals surface area contributed by atoms with E-state index >= 15 is 0 Å². The molecule has 148 valence electrons. The molecule has 30 heavy (non-hydrogen) atoms. The predicted octanol–water partition coefficient (Wildman–Crippen LogP) is 4.28. The lowest BCUT2D eigenvalue weighted by molar-refractivity contribution is 0.885. The fourth-order valence-corrected chi connectivity index (χ4v) is 4.22. The fraction of sp³-hybridized carbons (Fsp3) is 0.136. The SMILES string of the molecule is Cc1cc(C)n2cc(CSc3nnc(-c4ccncc4)n3-c3ccccc3)nc2n1. The molecule has 0 amide bonds. The highest BCUT2D eigenvalue weighted by atomic mass is 32.2. The van der Waals surface area contributed by atoms with Crippen LogP contribution >= 0.6 is 11.8 Å². The molecule has 4 heterocycles. The number of thioether (sulfide) groups is 1. The average Bonchev–Trinajstić information content (AvgIpc) is 3.37. The van der Waals surface area contributed by atoms with Gasteiger partial charge in [-0.05, 0) is 44.2 Å². The number of nitrogens with zero attached hydrogens (tertiary/aromatic N) is 7. The van der Waals surface area contributed by atoms with E-state index in [1.165, 1.54) is 0 Å². The standard InChI is InChI=1S/C22H19N7S/c1-15-12-16(2)28-13-18(25-21(28)24-15)14-30-22-27-26-20(17-8-10-23-11-9-17)29(22)19-6-4-3-5-7-19/h3-13H,14H2,1-2H3. The van der Waals surface area contributed by atoms with Gasteiger partial charge in [0.15, 0.2) is 11.0 Å². The van der Waals surface area contributed by atoms with Crippen molar-refractivity contribution in [1.29, 1.82) is 0 Å². The first-order valence-electron chi connectivity index (χ1n) is 9.55. The Hall–Kier alpha value is -3.52. The Morgan fingerprint density at radius 1 is 0.933 bits per heavy atom. The largest absolute Gasteiger partial charge is 0.288 e. The molecule has 0 unspecified atom stereocenters. The highest BCUT2D eigenvalue weighted by molar-refractivity contribution is 7.98. The molecule has 0 fully saturated rings. The molecule has 0 aliphatic heterocycles. The second-order valence-electron chi connectivity index (χ2n) is 6.94. The van der Waals surface area contributed by atoms with Gasteiger partial charge in [0.2, 0.25) is 5.78 Å². The van der Waals surface area contributed by atoms with Crippen LogP contribution in [-0.4, -0.2) is 34.1 Å². The van der Waals surface area contributed by atoms with Gasteiger partial charge in [-0.1, -0.05) is 30.0 Å². The van der Waals surface area contributed by atoms with Gasteiger partial charge in [-0.3, -0.25) is 14.0 Å². The van der Waals surface area contributed by atoms with Crippen molar-refractivity contribution in [3.8, 4) is 17.1 Å². The summed E-state index contributed by atoms with van der Waals surface area (Å²) in [6.07, 6.45) is 5.57. The summed E-state index contributed by atoms with van der Waals surface area (Å²) in [5.74, 6) is 2.18. The first-order valence-corrected chi connectivity index (χ1v) is 10.5. The average molecular weight is 414 g/mol. The lowest BCUT2D eigenvalue weighted by atomic mass is 10.2. The van der Waals surface area contributed by atoms with E-state index in [9.17, 15) is 0 Å². The van der Waals surface area contributed by atoms with Crippen molar-refractivity contribution in [3.05, 3.63) is 84.2 Å². The topological polar surface area (TPSA) is 73.8 Å². The van der Waals surface area contributed by atoms with Gasteiger partial charge in [-0.25, -0.2) is 9.97 Å². The third-order valence-electron chi connectivity index (χ3n) is 4.75. The zero-order valence-electron chi connectivity index (χ0n) is 16.6. The van der Waals surface area contributed by atoms with Gasteiger partial charge in [0.1, 0.15) is 0 Å². The van der Waals surface area contributed by atoms with Crippen LogP contribution in [0.2, 0.25) is 0 Å². The molecule has 7 nitrogen and oxygen atoms in total. The van der Waals surface area contributed by atoms with Crippen molar-refractivity contribution >= 4 is 17.5 Å². The Labute approximate surface area is 177 Å². The molecule has 5 aromatic rings. The zero-order valence-corrected chi connectivity index (χ0v) is 17.4. The molecule has 0 spiro atoms. The zero-order chi connectivity index (χ0) is 20.5. The van der Waals surface area contributed by atoms with Crippen LogP contribution in [0.3, 0.4) is 0 Å². The van der Waals surface area contributed by atoms with Crippen LogP contribution in [0, 0.1) is 13.8 Å². The van der Waals surface area contributed by atoms with Crippen molar-refractivity contribution in [3.63, 3.8) is 0 Å².